The summed E-state index contributed by atoms with van der Waals surface area (Å²) in [5, 5.41) is 6.42. The van der Waals surface area contributed by atoms with Gasteiger partial charge in [-0.25, -0.2) is 0 Å². The lowest BCUT2D eigenvalue weighted by Gasteiger charge is -2.36. The maximum absolute atomic E-state index is 12.3. The minimum Gasteiger partial charge on any atom is -0.367 e. The summed E-state index contributed by atoms with van der Waals surface area (Å²) in [6.07, 6.45) is 0.527. The van der Waals surface area contributed by atoms with Crippen LogP contribution in [0.1, 0.15) is 23.7 Å². The molecule has 9 heteroatoms. The zero-order valence-corrected chi connectivity index (χ0v) is 19.6. The number of nitrogens with one attached hydrogen (secondary N) is 2. The zero-order valence-electron chi connectivity index (χ0n) is 16.5. The molecule has 1 fully saturated rings. The number of carbonyl (C=O) groups is 2. The van der Waals surface area contributed by atoms with E-state index in [0.29, 0.717) is 35.8 Å². The zero-order chi connectivity index (χ0) is 21.7. The Kier molecular flexibility index (Phi) is 7.69. The molecule has 0 bridgehead atoms. The number of rotatable bonds is 4. The minimum absolute atomic E-state index is 0.179. The molecule has 2 amide bonds. The third-order valence-corrected chi connectivity index (χ3v) is 5.80. The van der Waals surface area contributed by atoms with E-state index in [0.717, 1.165) is 23.2 Å². The molecule has 1 aliphatic heterocycles. The largest absolute Gasteiger partial charge is 0.367 e. The summed E-state index contributed by atoms with van der Waals surface area (Å²) < 4.78 is 0.816. The maximum Gasteiger partial charge on any atom is 0.257 e. The predicted octanol–water partition coefficient (Wildman–Crippen LogP) is 4.29. The molecule has 0 radical (unpaired) electrons. The number of halogens is 2. The van der Waals surface area contributed by atoms with Crippen LogP contribution in [0.4, 0.5) is 11.4 Å². The first-order valence-corrected chi connectivity index (χ1v) is 11.2. The van der Waals surface area contributed by atoms with Crippen LogP contribution in [0.2, 0.25) is 5.02 Å². The summed E-state index contributed by atoms with van der Waals surface area (Å²) in [5.41, 5.74) is 2.10. The summed E-state index contributed by atoms with van der Waals surface area (Å²) in [6.45, 7) is 4.73. The van der Waals surface area contributed by atoms with Crippen molar-refractivity contribution in [3.63, 3.8) is 0 Å². The molecular formula is C21H22BrClN4O2S. The van der Waals surface area contributed by atoms with E-state index in [-0.39, 0.29) is 16.9 Å². The Bertz CT molecular complexity index is 964. The van der Waals surface area contributed by atoms with Gasteiger partial charge in [0.25, 0.3) is 5.91 Å². The molecule has 1 aliphatic rings. The number of carbonyl (C=O) groups excluding carboxylic acids is 2. The van der Waals surface area contributed by atoms with Gasteiger partial charge in [-0.2, -0.15) is 0 Å². The van der Waals surface area contributed by atoms with Crippen molar-refractivity contribution < 1.29 is 9.59 Å². The highest BCUT2D eigenvalue weighted by molar-refractivity contribution is 9.10. The third kappa shape index (κ3) is 5.71. The van der Waals surface area contributed by atoms with Gasteiger partial charge in [-0.1, -0.05) is 40.5 Å². The van der Waals surface area contributed by atoms with E-state index >= 15 is 0 Å². The Labute approximate surface area is 194 Å². The second kappa shape index (κ2) is 10.2. The molecule has 30 heavy (non-hydrogen) atoms. The van der Waals surface area contributed by atoms with Gasteiger partial charge in [0.2, 0.25) is 5.91 Å². The second-order valence-electron chi connectivity index (χ2n) is 6.81. The number of piperazine rings is 1. The van der Waals surface area contributed by atoms with Crippen molar-refractivity contribution in [1.29, 1.82) is 0 Å². The van der Waals surface area contributed by atoms with Crippen LogP contribution in [0.15, 0.2) is 46.9 Å². The van der Waals surface area contributed by atoms with Gasteiger partial charge < -0.3 is 15.1 Å². The van der Waals surface area contributed by atoms with Crippen LogP contribution in [0, 0.1) is 0 Å². The molecule has 1 heterocycles. The Balaban J connectivity index is 1.58. The highest BCUT2D eigenvalue weighted by Gasteiger charge is 2.21. The molecule has 2 aromatic carbocycles. The lowest BCUT2D eigenvalue weighted by Crippen LogP contribution is -2.48. The van der Waals surface area contributed by atoms with Crippen molar-refractivity contribution in [3.8, 4) is 0 Å². The van der Waals surface area contributed by atoms with Gasteiger partial charge in [-0.3, -0.25) is 14.9 Å². The summed E-state index contributed by atoms with van der Waals surface area (Å²) in [5.74, 6) is -0.116. The maximum atomic E-state index is 12.3. The molecule has 0 unspecified atom stereocenters. The van der Waals surface area contributed by atoms with Gasteiger partial charge in [0.15, 0.2) is 5.11 Å². The molecule has 0 atom stereocenters. The van der Waals surface area contributed by atoms with Crippen molar-refractivity contribution in [1.82, 2.24) is 10.2 Å². The molecule has 0 aliphatic carbocycles. The molecular weight excluding hydrogens is 488 g/mol. The summed E-state index contributed by atoms with van der Waals surface area (Å²) in [6, 6.07) is 12.6. The fraction of sp³-hybridized carbons (Fsp3) is 0.286. The Morgan fingerprint density at radius 2 is 1.87 bits per heavy atom. The molecule has 0 spiro atoms. The van der Waals surface area contributed by atoms with Crippen molar-refractivity contribution in [3.05, 3.63) is 57.5 Å². The van der Waals surface area contributed by atoms with Gasteiger partial charge in [0.05, 0.1) is 10.7 Å². The van der Waals surface area contributed by atoms with Crippen LogP contribution in [0.25, 0.3) is 0 Å². The highest BCUT2D eigenvalue weighted by Crippen LogP contribution is 2.29. The van der Waals surface area contributed by atoms with Crippen molar-refractivity contribution in [2.24, 2.45) is 0 Å². The van der Waals surface area contributed by atoms with Gasteiger partial charge in [0.1, 0.15) is 0 Å². The predicted molar refractivity (Wildman–Crippen MR) is 128 cm³/mol. The molecule has 3 rings (SSSR count). The Morgan fingerprint density at radius 3 is 2.50 bits per heavy atom. The number of hydrogen-bond donors (Lipinski definition) is 2. The summed E-state index contributed by atoms with van der Waals surface area (Å²) >= 11 is 15.1. The second-order valence-corrected chi connectivity index (χ2v) is 8.54. The molecule has 0 aromatic heterocycles. The van der Waals surface area contributed by atoms with Crippen LogP contribution < -0.4 is 15.5 Å². The monoisotopic (exact) mass is 508 g/mol. The van der Waals surface area contributed by atoms with Crippen LogP contribution >= 0.6 is 39.7 Å². The van der Waals surface area contributed by atoms with E-state index in [1.807, 2.05) is 30.0 Å². The number of nitrogens with zero attached hydrogens (tertiary/aromatic N) is 2. The molecule has 6 nitrogen and oxygen atoms in total. The smallest absolute Gasteiger partial charge is 0.257 e. The van der Waals surface area contributed by atoms with E-state index < -0.39 is 0 Å². The van der Waals surface area contributed by atoms with Crippen molar-refractivity contribution in [2.75, 3.05) is 36.4 Å². The number of benzene rings is 2. The quantitative estimate of drug-likeness (QED) is 0.602. The average Bonchev–Trinajstić information content (AvgIpc) is 2.73. The molecule has 2 N–H and O–H groups in total. The van der Waals surface area contributed by atoms with Gasteiger partial charge in [-0.15, -0.1) is 0 Å². The van der Waals surface area contributed by atoms with Crippen molar-refractivity contribution in [2.45, 2.75) is 13.3 Å². The number of thiocarbonyl (C=S) groups is 1. The van der Waals surface area contributed by atoms with Crippen LogP contribution in [0.3, 0.4) is 0 Å². The van der Waals surface area contributed by atoms with E-state index in [4.69, 9.17) is 23.8 Å². The fourth-order valence-corrected chi connectivity index (χ4v) is 4.14. The molecule has 158 valence electrons. The Morgan fingerprint density at radius 1 is 1.13 bits per heavy atom. The number of amides is 2. The first-order valence-electron chi connectivity index (χ1n) is 9.57. The number of hydrogen-bond acceptors (Lipinski definition) is 4. The Hall–Kier alpha value is -2.16. The summed E-state index contributed by atoms with van der Waals surface area (Å²) in [7, 11) is 0. The van der Waals surface area contributed by atoms with E-state index in [9.17, 15) is 9.59 Å². The molecule has 2 aromatic rings. The van der Waals surface area contributed by atoms with Crippen molar-refractivity contribution >= 4 is 68.1 Å². The van der Waals surface area contributed by atoms with Gasteiger partial charge >= 0.3 is 0 Å². The highest BCUT2D eigenvalue weighted by atomic mass is 79.9. The minimum atomic E-state index is -0.295. The molecule has 0 saturated carbocycles. The lowest BCUT2D eigenvalue weighted by molar-refractivity contribution is -0.131. The average molecular weight is 510 g/mol. The van der Waals surface area contributed by atoms with E-state index in [2.05, 4.69) is 31.5 Å². The standard InChI is InChI=1S/C21H22BrClN4O2S/c1-2-19(28)27-10-8-26(9-11-27)18-7-6-16(13-17(18)23)24-21(30)25-20(29)14-4-3-5-15(22)12-14/h3-7,12-13H,2,8-11H2,1H3,(H2,24,25,29,30). The van der Waals surface area contributed by atoms with Crippen LogP contribution in [-0.4, -0.2) is 48.0 Å². The first kappa shape index (κ1) is 22.5. The van der Waals surface area contributed by atoms with E-state index in [1.165, 1.54) is 0 Å². The topological polar surface area (TPSA) is 64.7 Å². The lowest BCUT2D eigenvalue weighted by atomic mass is 10.2. The fourth-order valence-electron chi connectivity index (χ4n) is 3.23. The SMILES string of the molecule is CCC(=O)N1CCN(c2ccc(NC(=S)NC(=O)c3cccc(Br)c3)cc2Cl)CC1. The van der Waals surface area contributed by atoms with Gasteiger partial charge in [0, 0.05) is 48.3 Å². The number of anilines is 2. The van der Waals surface area contributed by atoms with Crippen LogP contribution in [-0.2, 0) is 4.79 Å². The first-order chi connectivity index (χ1) is 14.4. The van der Waals surface area contributed by atoms with Crippen LogP contribution in [0.5, 0.6) is 0 Å². The third-order valence-electron chi connectivity index (χ3n) is 4.79. The molecule has 1 saturated heterocycles. The van der Waals surface area contributed by atoms with E-state index in [1.54, 1.807) is 24.3 Å². The normalized spacial score (nSPS) is 13.7. The van der Waals surface area contributed by atoms with Gasteiger partial charge in [-0.05, 0) is 48.6 Å². The summed E-state index contributed by atoms with van der Waals surface area (Å²) in [4.78, 5) is 28.2.